The van der Waals surface area contributed by atoms with Crippen LogP contribution >= 0.6 is 46.4 Å². The Morgan fingerprint density at radius 1 is 0.862 bits per heavy atom. The lowest BCUT2D eigenvalue weighted by atomic mass is 10.2. The van der Waals surface area contributed by atoms with Crippen molar-refractivity contribution in [3.8, 4) is 0 Å². The Bertz CT molecular complexity index is 740. The van der Waals surface area contributed by atoms with E-state index in [0.29, 0.717) is 45.9 Å². The lowest BCUT2D eigenvalue weighted by Gasteiger charge is -2.36. The van der Waals surface area contributed by atoms with Crippen LogP contribution in [0.1, 0.15) is 0 Å². The number of benzene rings is 1. The summed E-state index contributed by atoms with van der Waals surface area (Å²) in [4.78, 5) is 30.8. The van der Waals surface area contributed by atoms with E-state index in [1.165, 1.54) is 6.07 Å². The summed E-state index contributed by atoms with van der Waals surface area (Å²) in [5, 5.41) is 3.40. The molecule has 0 aliphatic carbocycles. The number of ether oxygens (including phenoxy) is 1. The second-order valence-corrected chi connectivity index (χ2v) is 8.51. The molecule has 2 heterocycles. The second kappa shape index (κ2) is 10.5. The number of hydrogen-bond acceptors (Lipinski definition) is 5. The van der Waals surface area contributed by atoms with Crippen molar-refractivity contribution >= 4 is 63.9 Å². The SMILES string of the molecule is O=C(CN1CCN(C(=O)CN2CCOCC2)CC1)Nc1c(Cl)c(Cl)cc(Cl)c1Cl. The van der Waals surface area contributed by atoms with Crippen molar-refractivity contribution in [2.24, 2.45) is 0 Å². The van der Waals surface area contributed by atoms with Gasteiger partial charge in [-0.05, 0) is 6.07 Å². The summed E-state index contributed by atoms with van der Waals surface area (Å²) in [6.45, 7) is 5.86. The molecule has 1 N–H and O–H groups in total. The fourth-order valence-electron chi connectivity index (χ4n) is 3.27. The predicted octanol–water partition coefficient (Wildman–Crippen LogP) is 2.72. The first-order valence-electron chi connectivity index (χ1n) is 9.28. The number of carbonyl (C=O) groups is 2. The number of nitrogens with zero attached hydrogens (tertiary/aromatic N) is 3. The second-order valence-electron chi connectivity index (χ2n) is 6.94. The average molecular weight is 484 g/mol. The third kappa shape index (κ3) is 6.10. The van der Waals surface area contributed by atoms with Gasteiger partial charge in [-0.2, -0.15) is 0 Å². The Labute approximate surface area is 189 Å². The van der Waals surface area contributed by atoms with E-state index < -0.39 is 0 Å². The van der Waals surface area contributed by atoms with Crippen molar-refractivity contribution in [1.29, 1.82) is 0 Å². The van der Waals surface area contributed by atoms with E-state index in [-0.39, 0.29) is 44.1 Å². The van der Waals surface area contributed by atoms with Crippen LogP contribution in [0.4, 0.5) is 5.69 Å². The lowest BCUT2D eigenvalue weighted by molar-refractivity contribution is -0.135. The van der Waals surface area contributed by atoms with Crippen LogP contribution in [0.2, 0.25) is 20.1 Å². The van der Waals surface area contributed by atoms with E-state index in [1.54, 1.807) is 0 Å². The van der Waals surface area contributed by atoms with Crippen LogP contribution in [-0.2, 0) is 14.3 Å². The van der Waals surface area contributed by atoms with Crippen molar-refractivity contribution in [3.05, 3.63) is 26.2 Å². The fraction of sp³-hybridized carbons (Fsp3) is 0.556. The molecule has 0 atom stereocenters. The summed E-state index contributed by atoms with van der Waals surface area (Å²) in [5.74, 6) is -0.164. The van der Waals surface area contributed by atoms with Crippen LogP contribution in [0.5, 0.6) is 0 Å². The van der Waals surface area contributed by atoms with Crippen LogP contribution < -0.4 is 5.32 Å². The molecule has 1 aromatic rings. The van der Waals surface area contributed by atoms with Gasteiger partial charge in [-0.15, -0.1) is 0 Å². The summed E-state index contributed by atoms with van der Waals surface area (Å²) >= 11 is 24.3. The third-order valence-corrected chi connectivity index (χ3v) is 6.51. The van der Waals surface area contributed by atoms with E-state index in [2.05, 4.69) is 10.2 Å². The number of rotatable bonds is 5. The minimum atomic E-state index is -0.278. The Balaban J connectivity index is 1.47. The van der Waals surface area contributed by atoms with Crippen LogP contribution in [0, 0.1) is 0 Å². The van der Waals surface area contributed by atoms with Crippen molar-refractivity contribution in [3.63, 3.8) is 0 Å². The first-order chi connectivity index (χ1) is 13.8. The molecule has 7 nitrogen and oxygen atoms in total. The number of morpholine rings is 1. The molecule has 2 aliphatic heterocycles. The summed E-state index contributed by atoms with van der Waals surface area (Å²) < 4.78 is 5.31. The zero-order chi connectivity index (χ0) is 21.0. The van der Waals surface area contributed by atoms with Gasteiger partial charge >= 0.3 is 0 Å². The predicted molar refractivity (Wildman–Crippen MR) is 115 cm³/mol. The largest absolute Gasteiger partial charge is 0.379 e. The van der Waals surface area contributed by atoms with Gasteiger partial charge in [0.05, 0.1) is 52.1 Å². The monoisotopic (exact) mass is 482 g/mol. The standard InChI is InChI=1S/C18H22Cl4N4O3/c19-12-9-13(20)17(22)18(16(12)21)23-14(27)10-24-1-3-26(4-2-24)15(28)11-25-5-7-29-8-6-25/h9H,1-8,10-11H2,(H,23,27). The number of halogens is 4. The minimum Gasteiger partial charge on any atom is -0.379 e. The molecule has 0 unspecified atom stereocenters. The molecule has 29 heavy (non-hydrogen) atoms. The first-order valence-corrected chi connectivity index (χ1v) is 10.8. The highest BCUT2D eigenvalue weighted by Gasteiger charge is 2.25. The van der Waals surface area contributed by atoms with Crippen molar-refractivity contribution < 1.29 is 14.3 Å². The van der Waals surface area contributed by atoms with E-state index >= 15 is 0 Å². The van der Waals surface area contributed by atoms with E-state index in [9.17, 15) is 9.59 Å². The molecular formula is C18H22Cl4N4O3. The van der Waals surface area contributed by atoms with Crippen LogP contribution in [-0.4, -0.2) is 92.1 Å². The topological polar surface area (TPSA) is 65.1 Å². The number of piperazine rings is 1. The lowest BCUT2D eigenvalue weighted by Crippen LogP contribution is -2.53. The molecule has 0 bridgehead atoms. The molecule has 2 saturated heterocycles. The molecule has 2 fully saturated rings. The van der Waals surface area contributed by atoms with Gasteiger partial charge in [0.15, 0.2) is 0 Å². The summed E-state index contributed by atoms with van der Waals surface area (Å²) in [6.07, 6.45) is 0. The van der Waals surface area contributed by atoms with Crippen LogP contribution in [0.25, 0.3) is 0 Å². The summed E-state index contributed by atoms with van der Waals surface area (Å²) in [6, 6.07) is 1.43. The van der Waals surface area contributed by atoms with Gasteiger partial charge in [0, 0.05) is 39.3 Å². The molecule has 2 aliphatic rings. The molecule has 0 saturated carbocycles. The smallest absolute Gasteiger partial charge is 0.238 e. The Kier molecular flexibility index (Phi) is 8.27. The molecule has 2 amide bonds. The van der Waals surface area contributed by atoms with E-state index in [4.69, 9.17) is 51.1 Å². The zero-order valence-electron chi connectivity index (χ0n) is 15.7. The van der Waals surface area contributed by atoms with Gasteiger partial charge in [-0.3, -0.25) is 19.4 Å². The maximum Gasteiger partial charge on any atom is 0.238 e. The Morgan fingerprint density at radius 3 is 2.00 bits per heavy atom. The van der Waals surface area contributed by atoms with Gasteiger partial charge in [0.2, 0.25) is 11.8 Å². The number of hydrogen-bond donors (Lipinski definition) is 1. The fourth-order valence-corrected chi connectivity index (χ4v) is 4.17. The molecule has 0 spiro atoms. The van der Waals surface area contributed by atoms with Gasteiger partial charge in [-0.25, -0.2) is 0 Å². The number of nitrogens with one attached hydrogen (secondary N) is 1. The molecule has 160 valence electrons. The maximum absolute atomic E-state index is 12.5. The molecule has 3 rings (SSSR count). The average Bonchev–Trinajstić information content (AvgIpc) is 2.71. The van der Waals surface area contributed by atoms with Crippen molar-refractivity contribution in [2.75, 3.05) is 70.9 Å². The van der Waals surface area contributed by atoms with Crippen molar-refractivity contribution in [1.82, 2.24) is 14.7 Å². The Morgan fingerprint density at radius 2 is 1.41 bits per heavy atom. The zero-order valence-corrected chi connectivity index (χ0v) is 18.8. The number of amides is 2. The summed E-state index contributed by atoms with van der Waals surface area (Å²) in [5.41, 5.74) is 0.204. The molecule has 11 heteroatoms. The van der Waals surface area contributed by atoms with Crippen LogP contribution in [0.15, 0.2) is 6.07 Å². The summed E-state index contributed by atoms with van der Waals surface area (Å²) in [7, 11) is 0. The first kappa shape index (κ1) is 22.9. The normalized spacial score (nSPS) is 18.7. The number of carbonyl (C=O) groups excluding carboxylic acids is 2. The highest BCUT2D eigenvalue weighted by atomic mass is 35.5. The van der Waals surface area contributed by atoms with Gasteiger partial charge in [0.1, 0.15) is 0 Å². The third-order valence-electron chi connectivity index (χ3n) is 4.93. The molecule has 0 aromatic heterocycles. The minimum absolute atomic E-state index is 0.114. The van der Waals surface area contributed by atoms with Gasteiger partial charge < -0.3 is 15.0 Å². The van der Waals surface area contributed by atoms with Gasteiger partial charge in [-0.1, -0.05) is 46.4 Å². The van der Waals surface area contributed by atoms with E-state index in [1.807, 2.05) is 9.80 Å². The highest BCUT2D eigenvalue weighted by molar-refractivity contribution is 6.50. The molecule has 0 radical (unpaired) electrons. The van der Waals surface area contributed by atoms with Gasteiger partial charge in [0.25, 0.3) is 0 Å². The number of anilines is 1. The molecule has 1 aromatic carbocycles. The maximum atomic E-state index is 12.5. The van der Waals surface area contributed by atoms with E-state index in [0.717, 1.165) is 13.1 Å². The Hall–Kier alpha value is -0.800. The van der Waals surface area contributed by atoms with Crippen LogP contribution in [0.3, 0.4) is 0 Å². The van der Waals surface area contributed by atoms with Crippen molar-refractivity contribution in [2.45, 2.75) is 0 Å². The molecular weight excluding hydrogens is 462 g/mol. The quantitative estimate of drug-likeness (QED) is 0.652. The highest BCUT2D eigenvalue weighted by Crippen LogP contribution is 2.40.